The lowest BCUT2D eigenvalue weighted by atomic mass is 10.0. The molecule has 122 valence electrons. The van der Waals surface area contributed by atoms with Crippen molar-refractivity contribution < 1.29 is 14.3 Å². The van der Waals surface area contributed by atoms with E-state index >= 15 is 0 Å². The number of thiophene rings is 1. The molecule has 0 radical (unpaired) electrons. The van der Waals surface area contributed by atoms with Crippen LogP contribution >= 0.6 is 11.3 Å². The highest BCUT2D eigenvalue weighted by atomic mass is 32.1. The van der Waals surface area contributed by atoms with Crippen molar-refractivity contribution in [3.8, 4) is 5.75 Å². The summed E-state index contributed by atoms with van der Waals surface area (Å²) in [5.41, 5.74) is 2.04. The van der Waals surface area contributed by atoms with Crippen molar-refractivity contribution in [2.24, 2.45) is 0 Å². The van der Waals surface area contributed by atoms with E-state index in [1.807, 2.05) is 43.5 Å². The first-order valence-corrected chi connectivity index (χ1v) is 8.40. The molecule has 23 heavy (non-hydrogen) atoms. The van der Waals surface area contributed by atoms with E-state index < -0.39 is 0 Å². The smallest absolute Gasteiger partial charge is 0.220 e. The van der Waals surface area contributed by atoms with Crippen molar-refractivity contribution in [1.82, 2.24) is 5.32 Å². The summed E-state index contributed by atoms with van der Waals surface area (Å²) in [6, 6.07) is 9.31. The van der Waals surface area contributed by atoms with Gasteiger partial charge in [-0.2, -0.15) is 0 Å². The second kappa shape index (κ2) is 7.92. The lowest BCUT2D eigenvalue weighted by Gasteiger charge is -2.18. The summed E-state index contributed by atoms with van der Waals surface area (Å²) in [7, 11) is 1.61. The van der Waals surface area contributed by atoms with Gasteiger partial charge in [0.15, 0.2) is 5.78 Å². The van der Waals surface area contributed by atoms with Gasteiger partial charge in [-0.1, -0.05) is 23.8 Å². The zero-order chi connectivity index (χ0) is 16.8. The summed E-state index contributed by atoms with van der Waals surface area (Å²) in [6.45, 7) is 3.91. The molecule has 1 atom stereocenters. The van der Waals surface area contributed by atoms with Crippen LogP contribution in [0.25, 0.3) is 0 Å². The van der Waals surface area contributed by atoms with Crippen molar-refractivity contribution in [3.05, 3.63) is 51.7 Å². The van der Waals surface area contributed by atoms with Gasteiger partial charge >= 0.3 is 0 Å². The largest absolute Gasteiger partial charge is 0.496 e. The molecule has 1 aromatic heterocycles. The topological polar surface area (TPSA) is 55.4 Å². The van der Waals surface area contributed by atoms with Crippen LogP contribution in [-0.2, 0) is 4.79 Å². The lowest BCUT2D eigenvalue weighted by molar-refractivity contribution is -0.121. The summed E-state index contributed by atoms with van der Waals surface area (Å²) in [5.74, 6) is 0.625. The molecule has 0 bridgehead atoms. The standard InChI is InChI=1S/C18H21NO3S/c1-12-6-8-16(22-3)14(11-12)13(2)19-18(21)9-7-15(20)17-5-4-10-23-17/h4-6,8,10-11,13H,7,9H2,1-3H3,(H,19,21)/t13-/m0/s1. The molecule has 1 heterocycles. The molecule has 0 spiro atoms. The Morgan fingerprint density at radius 2 is 2.04 bits per heavy atom. The summed E-state index contributed by atoms with van der Waals surface area (Å²) in [5, 5.41) is 4.79. The molecule has 2 rings (SSSR count). The zero-order valence-corrected chi connectivity index (χ0v) is 14.4. The molecule has 0 unspecified atom stereocenters. The van der Waals surface area contributed by atoms with E-state index in [0.29, 0.717) is 4.88 Å². The number of hydrogen-bond acceptors (Lipinski definition) is 4. The van der Waals surface area contributed by atoms with E-state index in [2.05, 4.69) is 5.32 Å². The number of amides is 1. The van der Waals surface area contributed by atoms with Gasteiger partial charge in [0.1, 0.15) is 5.75 Å². The summed E-state index contributed by atoms with van der Waals surface area (Å²) in [4.78, 5) is 24.7. The molecular formula is C18H21NO3S. The number of Topliss-reactive ketones (excluding diaryl/α,β-unsaturated/α-hetero) is 1. The van der Waals surface area contributed by atoms with Crippen LogP contribution in [0.15, 0.2) is 35.7 Å². The Morgan fingerprint density at radius 1 is 1.26 bits per heavy atom. The van der Waals surface area contributed by atoms with Crippen LogP contribution in [0, 0.1) is 6.92 Å². The Bertz CT molecular complexity index is 680. The molecule has 0 aliphatic rings. The first-order chi connectivity index (χ1) is 11.0. The van der Waals surface area contributed by atoms with Crippen molar-refractivity contribution in [2.75, 3.05) is 7.11 Å². The number of carbonyl (C=O) groups excluding carboxylic acids is 2. The second-order valence-corrected chi connectivity index (χ2v) is 6.38. The van der Waals surface area contributed by atoms with Crippen LogP contribution < -0.4 is 10.1 Å². The molecule has 4 nitrogen and oxygen atoms in total. The van der Waals surface area contributed by atoms with Gasteiger partial charge in [-0.05, 0) is 31.4 Å². The Balaban J connectivity index is 1.92. The van der Waals surface area contributed by atoms with Crippen LogP contribution in [0.4, 0.5) is 0 Å². The van der Waals surface area contributed by atoms with Gasteiger partial charge in [0.05, 0.1) is 18.0 Å². The average Bonchev–Trinajstić information content (AvgIpc) is 3.07. The minimum Gasteiger partial charge on any atom is -0.496 e. The number of nitrogens with one attached hydrogen (secondary N) is 1. The number of ether oxygens (including phenoxy) is 1. The van der Waals surface area contributed by atoms with Gasteiger partial charge in [0.25, 0.3) is 0 Å². The van der Waals surface area contributed by atoms with Gasteiger partial charge in [0.2, 0.25) is 5.91 Å². The fraction of sp³-hybridized carbons (Fsp3) is 0.333. The van der Waals surface area contributed by atoms with Crippen LogP contribution in [0.2, 0.25) is 0 Å². The Kier molecular flexibility index (Phi) is 5.93. The normalized spacial score (nSPS) is 11.8. The van der Waals surface area contributed by atoms with Gasteiger partial charge < -0.3 is 10.1 Å². The maximum absolute atomic E-state index is 12.1. The highest BCUT2D eigenvalue weighted by Gasteiger charge is 2.16. The number of hydrogen-bond donors (Lipinski definition) is 1. The number of benzene rings is 1. The van der Waals surface area contributed by atoms with E-state index in [9.17, 15) is 9.59 Å². The quantitative estimate of drug-likeness (QED) is 0.783. The molecule has 0 aliphatic carbocycles. The van der Waals surface area contributed by atoms with Crippen LogP contribution in [0.5, 0.6) is 5.75 Å². The third kappa shape index (κ3) is 4.66. The molecule has 1 N–H and O–H groups in total. The number of ketones is 1. The molecule has 1 amide bonds. The van der Waals surface area contributed by atoms with E-state index in [1.54, 1.807) is 13.2 Å². The fourth-order valence-electron chi connectivity index (χ4n) is 2.37. The predicted molar refractivity (Wildman–Crippen MR) is 92.2 cm³/mol. The molecule has 5 heteroatoms. The number of methoxy groups -OCH3 is 1. The van der Waals surface area contributed by atoms with Crippen LogP contribution in [0.3, 0.4) is 0 Å². The minimum atomic E-state index is -0.172. The minimum absolute atomic E-state index is 0.0101. The van der Waals surface area contributed by atoms with Crippen molar-refractivity contribution in [3.63, 3.8) is 0 Å². The average molecular weight is 331 g/mol. The summed E-state index contributed by atoms with van der Waals surface area (Å²) < 4.78 is 5.35. The van der Waals surface area contributed by atoms with Crippen LogP contribution in [0.1, 0.15) is 46.6 Å². The van der Waals surface area contributed by atoms with Gasteiger partial charge in [-0.25, -0.2) is 0 Å². The Hall–Kier alpha value is -2.14. The number of aryl methyl sites for hydroxylation is 1. The maximum Gasteiger partial charge on any atom is 0.220 e. The summed E-state index contributed by atoms with van der Waals surface area (Å²) >= 11 is 1.40. The summed E-state index contributed by atoms with van der Waals surface area (Å²) in [6.07, 6.45) is 0.416. The predicted octanol–water partition coefficient (Wildman–Crippen LogP) is 3.91. The van der Waals surface area contributed by atoms with Crippen LogP contribution in [-0.4, -0.2) is 18.8 Å². The first-order valence-electron chi connectivity index (χ1n) is 7.52. The maximum atomic E-state index is 12.1. The lowest BCUT2D eigenvalue weighted by Crippen LogP contribution is -2.27. The highest BCUT2D eigenvalue weighted by Crippen LogP contribution is 2.26. The van der Waals surface area contributed by atoms with Gasteiger partial charge in [-0.15, -0.1) is 11.3 Å². The number of carbonyl (C=O) groups is 2. The Labute approximate surface area is 140 Å². The Morgan fingerprint density at radius 3 is 2.70 bits per heavy atom. The van der Waals surface area contributed by atoms with Crippen molar-refractivity contribution in [2.45, 2.75) is 32.7 Å². The third-order valence-electron chi connectivity index (χ3n) is 3.60. The van der Waals surface area contributed by atoms with Gasteiger partial charge in [0, 0.05) is 18.4 Å². The van der Waals surface area contributed by atoms with E-state index in [1.165, 1.54) is 11.3 Å². The second-order valence-electron chi connectivity index (χ2n) is 5.44. The fourth-order valence-corrected chi connectivity index (χ4v) is 3.07. The molecule has 0 aliphatic heterocycles. The molecule has 0 fully saturated rings. The van der Waals surface area contributed by atoms with E-state index in [-0.39, 0.29) is 30.6 Å². The van der Waals surface area contributed by atoms with Crippen molar-refractivity contribution >= 4 is 23.0 Å². The molecular weight excluding hydrogens is 310 g/mol. The SMILES string of the molecule is COc1ccc(C)cc1[C@H](C)NC(=O)CCC(=O)c1cccs1. The molecule has 0 saturated carbocycles. The monoisotopic (exact) mass is 331 g/mol. The molecule has 0 saturated heterocycles. The molecule has 1 aromatic carbocycles. The molecule has 2 aromatic rings. The third-order valence-corrected chi connectivity index (χ3v) is 4.52. The van der Waals surface area contributed by atoms with Gasteiger partial charge in [-0.3, -0.25) is 9.59 Å². The number of rotatable bonds is 7. The van der Waals surface area contributed by atoms with E-state index in [4.69, 9.17) is 4.74 Å². The van der Waals surface area contributed by atoms with Crippen molar-refractivity contribution in [1.29, 1.82) is 0 Å². The zero-order valence-electron chi connectivity index (χ0n) is 13.6. The highest BCUT2D eigenvalue weighted by molar-refractivity contribution is 7.12. The first kappa shape index (κ1) is 17.2. The van der Waals surface area contributed by atoms with E-state index in [0.717, 1.165) is 16.9 Å².